The molecule has 3 nitrogen and oxygen atoms in total. The standard InChI is InChI=1S/C23H18N2OS2/c26-23(18-10-12-20(13-11-18)28-15-19-14-27-16-24-19)25-22-9-5-4-8-21(22)17-6-2-1-3-7-17/h1-14,16H,15H2,(H,25,26). The smallest absolute Gasteiger partial charge is 0.255 e. The van der Waals surface area contributed by atoms with Crippen molar-refractivity contribution in [1.29, 1.82) is 0 Å². The van der Waals surface area contributed by atoms with Gasteiger partial charge in [-0.25, -0.2) is 4.98 Å². The van der Waals surface area contributed by atoms with Crippen LogP contribution in [-0.4, -0.2) is 10.9 Å². The van der Waals surface area contributed by atoms with Gasteiger partial charge in [-0.1, -0.05) is 48.5 Å². The third kappa shape index (κ3) is 4.50. The number of nitrogens with one attached hydrogen (secondary N) is 1. The molecule has 0 bridgehead atoms. The minimum absolute atomic E-state index is 0.112. The summed E-state index contributed by atoms with van der Waals surface area (Å²) in [6.07, 6.45) is 0. The predicted molar refractivity (Wildman–Crippen MR) is 118 cm³/mol. The number of carbonyl (C=O) groups excluding carboxylic acids is 1. The van der Waals surface area contributed by atoms with Crippen LogP contribution in [0.2, 0.25) is 0 Å². The largest absolute Gasteiger partial charge is 0.321 e. The Morgan fingerprint density at radius 2 is 1.68 bits per heavy atom. The van der Waals surface area contributed by atoms with E-state index in [4.69, 9.17) is 0 Å². The lowest BCUT2D eigenvalue weighted by molar-refractivity contribution is 0.102. The minimum Gasteiger partial charge on any atom is -0.321 e. The molecule has 0 aliphatic heterocycles. The number of hydrogen-bond acceptors (Lipinski definition) is 4. The van der Waals surface area contributed by atoms with Crippen molar-refractivity contribution in [3.05, 3.63) is 101 Å². The zero-order chi connectivity index (χ0) is 19.2. The normalized spacial score (nSPS) is 10.6. The van der Waals surface area contributed by atoms with Crippen molar-refractivity contribution in [3.63, 3.8) is 0 Å². The second-order valence-corrected chi connectivity index (χ2v) is 7.93. The molecule has 1 aromatic heterocycles. The first-order valence-corrected chi connectivity index (χ1v) is 10.8. The van der Waals surface area contributed by atoms with Gasteiger partial charge in [-0.2, -0.15) is 0 Å². The molecular weight excluding hydrogens is 384 g/mol. The van der Waals surface area contributed by atoms with Gasteiger partial charge in [-0.3, -0.25) is 4.79 Å². The Balaban J connectivity index is 1.46. The second kappa shape index (κ2) is 8.87. The average molecular weight is 403 g/mol. The fraction of sp³-hybridized carbons (Fsp3) is 0.0435. The second-order valence-electron chi connectivity index (χ2n) is 6.16. The molecule has 1 N–H and O–H groups in total. The average Bonchev–Trinajstić information content (AvgIpc) is 3.27. The maximum Gasteiger partial charge on any atom is 0.255 e. The topological polar surface area (TPSA) is 42.0 Å². The molecule has 0 atom stereocenters. The van der Waals surface area contributed by atoms with Crippen LogP contribution in [-0.2, 0) is 5.75 Å². The Hall–Kier alpha value is -2.89. The molecule has 1 heterocycles. The molecule has 0 aliphatic carbocycles. The van der Waals surface area contributed by atoms with Gasteiger partial charge >= 0.3 is 0 Å². The number of rotatable bonds is 6. The van der Waals surface area contributed by atoms with Crippen LogP contribution in [0.3, 0.4) is 0 Å². The van der Waals surface area contributed by atoms with Gasteiger partial charge in [0.05, 0.1) is 11.2 Å². The molecule has 1 amide bonds. The summed E-state index contributed by atoms with van der Waals surface area (Å²) < 4.78 is 0. The number of anilines is 1. The number of nitrogens with zero attached hydrogens (tertiary/aromatic N) is 1. The number of hydrogen-bond donors (Lipinski definition) is 1. The zero-order valence-electron chi connectivity index (χ0n) is 15.0. The number of thioether (sulfide) groups is 1. The van der Waals surface area contributed by atoms with Crippen molar-refractivity contribution in [2.75, 3.05) is 5.32 Å². The van der Waals surface area contributed by atoms with Gasteiger partial charge in [-0.15, -0.1) is 23.1 Å². The van der Waals surface area contributed by atoms with Crippen molar-refractivity contribution in [1.82, 2.24) is 4.98 Å². The third-order valence-corrected chi connectivity index (χ3v) is 5.93. The Kier molecular flexibility index (Phi) is 5.85. The van der Waals surface area contributed by atoms with E-state index >= 15 is 0 Å². The highest BCUT2D eigenvalue weighted by molar-refractivity contribution is 7.98. The number of thiazole rings is 1. The summed E-state index contributed by atoms with van der Waals surface area (Å²) in [5.74, 6) is 0.721. The lowest BCUT2D eigenvalue weighted by Crippen LogP contribution is -2.12. The fourth-order valence-corrected chi connectivity index (χ4v) is 4.29. The fourth-order valence-electron chi connectivity index (χ4n) is 2.82. The molecule has 0 unspecified atom stereocenters. The van der Waals surface area contributed by atoms with E-state index in [9.17, 15) is 4.79 Å². The lowest BCUT2D eigenvalue weighted by atomic mass is 10.0. The summed E-state index contributed by atoms with van der Waals surface area (Å²) >= 11 is 3.32. The quantitative estimate of drug-likeness (QED) is 0.382. The number of carbonyl (C=O) groups is 1. The number of para-hydroxylation sites is 1. The van der Waals surface area contributed by atoms with Crippen molar-refractivity contribution in [3.8, 4) is 11.1 Å². The van der Waals surface area contributed by atoms with Crippen LogP contribution in [0.4, 0.5) is 5.69 Å². The maximum absolute atomic E-state index is 12.7. The summed E-state index contributed by atoms with van der Waals surface area (Å²) in [6, 6.07) is 25.6. The highest BCUT2D eigenvalue weighted by Gasteiger charge is 2.10. The first-order valence-electron chi connectivity index (χ1n) is 8.85. The zero-order valence-corrected chi connectivity index (χ0v) is 16.7. The van der Waals surface area contributed by atoms with Crippen LogP contribution in [0.5, 0.6) is 0 Å². The number of aromatic nitrogens is 1. The van der Waals surface area contributed by atoms with E-state index in [1.54, 1.807) is 23.1 Å². The molecule has 0 spiro atoms. The molecule has 0 fully saturated rings. The van der Waals surface area contributed by atoms with Crippen molar-refractivity contribution in [2.45, 2.75) is 10.6 Å². The summed E-state index contributed by atoms with van der Waals surface area (Å²) in [7, 11) is 0. The van der Waals surface area contributed by atoms with Gasteiger partial charge in [0.25, 0.3) is 5.91 Å². The highest BCUT2D eigenvalue weighted by atomic mass is 32.2. The molecule has 28 heavy (non-hydrogen) atoms. The van der Waals surface area contributed by atoms with Crippen LogP contribution in [0, 0.1) is 0 Å². The molecular formula is C23H18N2OS2. The molecule has 0 aliphatic rings. The Bertz CT molecular complexity index is 1050. The first-order chi connectivity index (χ1) is 13.8. The summed E-state index contributed by atoms with van der Waals surface area (Å²) in [6.45, 7) is 0. The summed E-state index contributed by atoms with van der Waals surface area (Å²) in [5.41, 5.74) is 6.45. The van der Waals surface area contributed by atoms with Crippen LogP contribution < -0.4 is 5.32 Å². The van der Waals surface area contributed by atoms with E-state index in [1.165, 1.54) is 0 Å². The molecule has 0 radical (unpaired) electrons. The Labute approximate surface area is 172 Å². The van der Waals surface area contributed by atoms with Gasteiger partial charge in [0.15, 0.2) is 0 Å². The van der Waals surface area contributed by atoms with E-state index in [2.05, 4.69) is 15.7 Å². The van der Waals surface area contributed by atoms with E-state index in [0.29, 0.717) is 5.56 Å². The van der Waals surface area contributed by atoms with Gasteiger partial charge in [-0.05, 0) is 35.9 Å². The Morgan fingerprint density at radius 3 is 2.43 bits per heavy atom. The van der Waals surface area contributed by atoms with Crippen LogP contribution in [0.25, 0.3) is 11.1 Å². The van der Waals surface area contributed by atoms with Gasteiger partial charge in [0, 0.05) is 32.8 Å². The number of benzene rings is 3. The monoisotopic (exact) mass is 402 g/mol. The van der Waals surface area contributed by atoms with Gasteiger partial charge < -0.3 is 5.32 Å². The van der Waals surface area contributed by atoms with Crippen molar-refractivity contribution < 1.29 is 4.79 Å². The molecule has 5 heteroatoms. The lowest BCUT2D eigenvalue weighted by Gasteiger charge is -2.11. The highest BCUT2D eigenvalue weighted by Crippen LogP contribution is 2.28. The molecule has 0 saturated carbocycles. The van der Waals surface area contributed by atoms with Crippen LogP contribution in [0.1, 0.15) is 16.1 Å². The van der Waals surface area contributed by atoms with Gasteiger partial charge in [0.2, 0.25) is 0 Å². The van der Waals surface area contributed by atoms with E-state index in [-0.39, 0.29) is 5.91 Å². The Morgan fingerprint density at radius 1 is 0.929 bits per heavy atom. The summed E-state index contributed by atoms with van der Waals surface area (Å²) in [4.78, 5) is 18.1. The molecule has 4 rings (SSSR count). The van der Waals surface area contributed by atoms with E-state index < -0.39 is 0 Å². The van der Waals surface area contributed by atoms with Crippen molar-refractivity contribution >= 4 is 34.7 Å². The SMILES string of the molecule is O=C(Nc1ccccc1-c1ccccc1)c1ccc(SCc2cscn2)cc1. The predicted octanol–water partition coefficient (Wildman–Crippen LogP) is 6.35. The molecule has 0 saturated heterocycles. The molecule has 138 valence electrons. The van der Waals surface area contributed by atoms with E-state index in [1.807, 2.05) is 84.4 Å². The minimum atomic E-state index is -0.112. The summed E-state index contributed by atoms with van der Waals surface area (Å²) in [5, 5.41) is 5.10. The number of amides is 1. The molecule has 3 aromatic carbocycles. The van der Waals surface area contributed by atoms with E-state index in [0.717, 1.165) is 33.2 Å². The molecule has 4 aromatic rings. The first kappa shape index (κ1) is 18.5. The van der Waals surface area contributed by atoms with Crippen molar-refractivity contribution in [2.24, 2.45) is 0 Å². The maximum atomic E-state index is 12.7. The van der Waals surface area contributed by atoms with Gasteiger partial charge in [0.1, 0.15) is 0 Å². The van der Waals surface area contributed by atoms with Crippen LogP contribution >= 0.6 is 23.1 Å². The van der Waals surface area contributed by atoms with Crippen LogP contribution in [0.15, 0.2) is 94.6 Å². The third-order valence-electron chi connectivity index (χ3n) is 4.25.